The van der Waals surface area contributed by atoms with Gasteiger partial charge in [-0.05, 0) is 31.7 Å². The maximum atomic E-state index is 11.3. The monoisotopic (exact) mass is 293 g/mol. The maximum absolute atomic E-state index is 11.3. The molecule has 0 radical (unpaired) electrons. The first-order valence-electron chi connectivity index (χ1n) is 7.07. The fraction of sp³-hybridized carbons (Fsp3) is 0.571. The number of hydrogen-bond acceptors (Lipinski definition) is 5. The van der Waals surface area contributed by atoms with Crippen LogP contribution in [0.1, 0.15) is 31.2 Å². The van der Waals surface area contributed by atoms with Crippen molar-refractivity contribution in [2.24, 2.45) is 11.8 Å². The molecule has 114 valence electrons. The third kappa shape index (κ3) is 3.48. The third-order valence-corrected chi connectivity index (χ3v) is 4.07. The van der Waals surface area contributed by atoms with Gasteiger partial charge in [0.25, 0.3) is 0 Å². The number of nitrogens with one attached hydrogen (secondary N) is 1. The van der Waals surface area contributed by atoms with Gasteiger partial charge in [0.1, 0.15) is 0 Å². The van der Waals surface area contributed by atoms with Crippen LogP contribution in [0.2, 0.25) is 0 Å². The van der Waals surface area contributed by atoms with Crippen molar-refractivity contribution in [1.29, 1.82) is 0 Å². The highest BCUT2D eigenvalue weighted by Crippen LogP contribution is 2.32. The largest absolute Gasteiger partial charge is 0.481 e. The molecule has 1 aromatic rings. The van der Waals surface area contributed by atoms with Gasteiger partial charge < -0.3 is 10.4 Å². The minimum Gasteiger partial charge on any atom is -0.481 e. The predicted octanol–water partition coefficient (Wildman–Crippen LogP) is 2.60. The van der Waals surface area contributed by atoms with Crippen molar-refractivity contribution in [3.63, 3.8) is 0 Å². The van der Waals surface area contributed by atoms with Gasteiger partial charge in [0.2, 0.25) is 5.82 Å². The smallest absolute Gasteiger partial charge is 0.314 e. The molecular weight excluding hydrogens is 274 g/mol. The van der Waals surface area contributed by atoms with Crippen LogP contribution in [0.4, 0.5) is 11.5 Å². The van der Waals surface area contributed by atoms with Gasteiger partial charge in [-0.15, -0.1) is 0 Å². The van der Waals surface area contributed by atoms with E-state index in [0.29, 0.717) is 18.5 Å². The Kier molecular flexibility index (Phi) is 4.72. The molecule has 7 heteroatoms. The van der Waals surface area contributed by atoms with Crippen molar-refractivity contribution < 1.29 is 14.8 Å². The van der Waals surface area contributed by atoms with Crippen LogP contribution in [0.5, 0.6) is 0 Å². The van der Waals surface area contributed by atoms with Gasteiger partial charge >= 0.3 is 11.7 Å². The summed E-state index contributed by atoms with van der Waals surface area (Å²) in [5.41, 5.74) is 0.496. The van der Waals surface area contributed by atoms with Crippen LogP contribution in [-0.4, -0.2) is 27.5 Å². The Morgan fingerprint density at radius 1 is 1.52 bits per heavy atom. The number of carboxylic acids is 1. The maximum Gasteiger partial charge on any atom is 0.314 e. The lowest BCUT2D eigenvalue weighted by molar-refractivity contribution is -0.384. The van der Waals surface area contributed by atoms with Gasteiger partial charge in [-0.3, -0.25) is 14.9 Å². The van der Waals surface area contributed by atoms with Crippen LogP contribution in [0.25, 0.3) is 0 Å². The molecule has 0 amide bonds. The first-order chi connectivity index (χ1) is 10.0. The number of aryl methyl sites for hydroxylation is 1. The molecule has 1 aliphatic carbocycles. The molecule has 1 aliphatic rings. The molecular formula is C14H19N3O4. The molecule has 0 spiro atoms. The molecule has 2 unspecified atom stereocenters. The van der Waals surface area contributed by atoms with E-state index in [-0.39, 0.29) is 23.3 Å². The third-order valence-electron chi connectivity index (χ3n) is 4.07. The number of pyridine rings is 1. The number of hydrogen-bond donors (Lipinski definition) is 2. The number of anilines is 1. The van der Waals surface area contributed by atoms with E-state index in [1.807, 2.05) is 0 Å². The van der Waals surface area contributed by atoms with Crippen LogP contribution >= 0.6 is 0 Å². The zero-order valence-electron chi connectivity index (χ0n) is 11.9. The summed E-state index contributed by atoms with van der Waals surface area (Å²) in [4.78, 5) is 25.9. The fourth-order valence-corrected chi connectivity index (χ4v) is 2.92. The van der Waals surface area contributed by atoms with Crippen LogP contribution in [0, 0.1) is 28.9 Å². The number of rotatable bonds is 5. The summed E-state index contributed by atoms with van der Waals surface area (Å²) < 4.78 is 0. The Bertz CT molecular complexity index is 547. The molecule has 1 fully saturated rings. The number of nitrogens with zero attached hydrogens (tertiary/aromatic N) is 2. The van der Waals surface area contributed by atoms with Crippen molar-refractivity contribution in [2.75, 3.05) is 11.9 Å². The Labute approximate surface area is 122 Å². The van der Waals surface area contributed by atoms with E-state index < -0.39 is 10.9 Å². The van der Waals surface area contributed by atoms with Crippen molar-refractivity contribution in [1.82, 2.24) is 4.98 Å². The second-order valence-electron chi connectivity index (χ2n) is 5.45. The summed E-state index contributed by atoms with van der Waals surface area (Å²) in [6.45, 7) is 2.06. The average molecular weight is 293 g/mol. The summed E-state index contributed by atoms with van der Waals surface area (Å²) in [6, 6.07) is 1.59. The second kappa shape index (κ2) is 6.51. The summed E-state index contributed by atoms with van der Waals surface area (Å²) in [6.07, 6.45) is 4.94. The molecule has 2 N–H and O–H groups in total. The van der Waals surface area contributed by atoms with Crippen molar-refractivity contribution in [3.05, 3.63) is 27.9 Å². The van der Waals surface area contributed by atoms with E-state index in [9.17, 15) is 20.0 Å². The minimum absolute atomic E-state index is 0.0156. The van der Waals surface area contributed by atoms with Crippen molar-refractivity contribution in [3.8, 4) is 0 Å². The summed E-state index contributed by atoms with van der Waals surface area (Å²) in [7, 11) is 0. The lowest BCUT2D eigenvalue weighted by atomic mass is 9.79. The number of nitro groups is 1. The lowest BCUT2D eigenvalue weighted by Crippen LogP contribution is -2.32. The quantitative estimate of drug-likeness (QED) is 0.638. The molecule has 1 aromatic heterocycles. The van der Waals surface area contributed by atoms with E-state index >= 15 is 0 Å². The van der Waals surface area contributed by atoms with Crippen molar-refractivity contribution in [2.45, 2.75) is 32.6 Å². The number of aliphatic carboxylic acids is 1. The molecule has 0 aromatic carbocycles. The summed E-state index contributed by atoms with van der Waals surface area (Å²) in [5, 5.41) is 23.3. The fourth-order valence-electron chi connectivity index (χ4n) is 2.92. The van der Waals surface area contributed by atoms with Gasteiger partial charge in [-0.25, -0.2) is 4.98 Å². The normalized spacial score (nSPS) is 21.8. The highest BCUT2D eigenvalue weighted by atomic mass is 16.6. The lowest BCUT2D eigenvalue weighted by Gasteiger charge is -2.28. The highest BCUT2D eigenvalue weighted by molar-refractivity contribution is 5.70. The van der Waals surface area contributed by atoms with Gasteiger partial charge in [0, 0.05) is 18.3 Å². The Hall–Kier alpha value is -2.18. The zero-order chi connectivity index (χ0) is 15.4. The van der Waals surface area contributed by atoms with Crippen LogP contribution in [-0.2, 0) is 4.79 Å². The summed E-state index contributed by atoms with van der Waals surface area (Å²) in [5.74, 6) is -0.962. The van der Waals surface area contributed by atoms with Gasteiger partial charge in [0.05, 0.1) is 10.8 Å². The first-order valence-corrected chi connectivity index (χ1v) is 7.07. The second-order valence-corrected chi connectivity index (χ2v) is 5.45. The SMILES string of the molecule is Cc1ccnc(NCC2CCCCC2C(=O)O)c1[N+](=O)[O-]. The van der Waals surface area contributed by atoms with E-state index in [0.717, 1.165) is 19.3 Å². The first kappa shape index (κ1) is 15.2. The molecule has 0 saturated heterocycles. The number of aromatic nitrogens is 1. The molecule has 2 rings (SSSR count). The standard InChI is InChI=1S/C14H19N3O4/c1-9-6-7-15-13(12(9)17(20)21)16-8-10-4-2-3-5-11(10)14(18)19/h6-7,10-11H,2-5,8H2,1H3,(H,15,16)(H,18,19). The van der Waals surface area contributed by atoms with E-state index in [4.69, 9.17) is 0 Å². The molecule has 21 heavy (non-hydrogen) atoms. The molecule has 0 aliphatic heterocycles. The highest BCUT2D eigenvalue weighted by Gasteiger charge is 2.31. The molecule has 2 atom stereocenters. The number of carbonyl (C=O) groups is 1. The van der Waals surface area contributed by atoms with Crippen LogP contribution in [0.3, 0.4) is 0 Å². The molecule has 1 saturated carbocycles. The minimum atomic E-state index is -0.784. The zero-order valence-corrected chi connectivity index (χ0v) is 11.9. The van der Waals surface area contributed by atoms with Gasteiger partial charge in [0.15, 0.2) is 0 Å². The van der Waals surface area contributed by atoms with Crippen LogP contribution < -0.4 is 5.32 Å². The van der Waals surface area contributed by atoms with Crippen LogP contribution in [0.15, 0.2) is 12.3 Å². The van der Waals surface area contributed by atoms with Crippen molar-refractivity contribution >= 4 is 17.5 Å². The predicted molar refractivity (Wildman–Crippen MR) is 77.2 cm³/mol. The van der Waals surface area contributed by atoms with E-state index in [2.05, 4.69) is 10.3 Å². The topological polar surface area (TPSA) is 105 Å². The Balaban J connectivity index is 2.10. The molecule has 7 nitrogen and oxygen atoms in total. The number of carboxylic acid groups (broad SMARTS) is 1. The molecule has 1 heterocycles. The molecule has 0 bridgehead atoms. The average Bonchev–Trinajstić information content (AvgIpc) is 2.44. The Morgan fingerprint density at radius 2 is 2.24 bits per heavy atom. The van der Waals surface area contributed by atoms with E-state index in [1.54, 1.807) is 13.0 Å². The Morgan fingerprint density at radius 3 is 2.90 bits per heavy atom. The summed E-state index contributed by atoms with van der Waals surface area (Å²) >= 11 is 0. The van der Waals surface area contributed by atoms with E-state index in [1.165, 1.54) is 6.20 Å². The van der Waals surface area contributed by atoms with Gasteiger partial charge in [-0.1, -0.05) is 12.8 Å². The van der Waals surface area contributed by atoms with Gasteiger partial charge in [-0.2, -0.15) is 0 Å².